The van der Waals surface area contributed by atoms with Crippen molar-refractivity contribution in [3.8, 4) is 0 Å². The average molecular weight is 207 g/mol. The highest BCUT2D eigenvalue weighted by atomic mass is 79.9. The fourth-order valence-electron chi connectivity index (χ4n) is 0.686. The summed E-state index contributed by atoms with van der Waals surface area (Å²) in [6, 6.07) is 0.0753. The minimum absolute atomic E-state index is 0.0753. The van der Waals surface area contributed by atoms with Crippen LogP contribution in [-0.4, -0.2) is 9.78 Å². The van der Waals surface area contributed by atoms with Crippen molar-refractivity contribution in [1.82, 2.24) is 9.78 Å². The van der Waals surface area contributed by atoms with Gasteiger partial charge in [-0.05, 0) is 29.8 Å². The maximum Gasteiger partial charge on any atom is 0.226 e. The van der Waals surface area contributed by atoms with Gasteiger partial charge in [-0.2, -0.15) is 9.49 Å². The van der Waals surface area contributed by atoms with Crippen molar-refractivity contribution in [2.24, 2.45) is 0 Å². The summed E-state index contributed by atoms with van der Waals surface area (Å²) in [4.78, 5) is 0. The molecule has 56 valence electrons. The molecule has 0 N–H and O–H groups in total. The molecule has 4 heteroatoms. The largest absolute Gasteiger partial charge is 0.236 e. The summed E-state index contributed by atoms with van der Waals surface area (Å²) in [5, 5.41) is 3.81. The number of hydrogen-bond acceptors (Lipinski definition) is 1. The van der Waals surface area contributed by atoms with E-state index < -0.39 is 0 Å². The Morgan fingerprint density at radius 3 is 2.50 bits per heavy atom. The number of nitrogens with zero attached hydrogens (tertiary/aromatic N) is 2. The Kier molecular flexibility index (Phi) is 2.08. The summed E-state index contributed by atoms with van der Waals surface area (Å²) in [5.41, 5.74) is 0. The van der Waals surface area contributed by atoms with Crippen molar-refractivity contribution < 1.29 is 4.39 Å². The minimum atomic E-state index is -0.310. The predicted octanol–water partition coefficient (Wildman–Crippen LogP) is 2.37. The zero-order valence-corrected chi connectivity index (χ0v) is 7.39. The molecule has 0 unspecified atom stereocenters. The van der Waals surface area contributed by atoms with E-state index in [-0.39, 0.29) is 12.0 Å². The van der Waals surface area contributed by atoms with E-state index >= 15 is 0 Å². The lowest BCUT2D eigenvalue weighted by Gasteiger charge is -2.03. The molecule has 1 heterocycles. The van der Waals surface area contributed by atoms with E-state index in [1.54, 1.807) is 0 Å². The van der Waals surface area contributed by atoms with Gasteiger partial charge < -0.3 is 0 Å². The van der Waals surface area contributed by atoms with Gasteiger partial charge in [-0.15, -0.1) is 0 Å². The highest BCUT2D eigenvalue weighted by molar-refractivity contribution is 9.10. The summed E-state index contributed by atoms with van der Waals surface area (Å²) in [6.07, 6.45) is 1.45. The van der Waals surface area contributed by atoms with Crippen molar-refractivity contribution in [2.75, 3.05) is 0 Å². The van der Waals surface area contributed by atoms with E-state index in [4.69, 9.17) is 0 Å². The molecule has 0 aromatic carbocycles. The van der Waals surface area contributed by atoms with Crippen LogP contribution in [0.4, 0.5) is 4.39 Å². The molecule has 0 saturated heterocycles. The lowest BCUT2D eigenvalue weighted by Crippen LogP contribution is -2.05. The van der Waals surface area contributed by atoms with Crippen LogP contribution in [0.1, 0.15) is 19.9 Å². The minimum Gasteiger partial charge on any atom is -0.236 e. The first-order chi connectivity index (χ1) is 4.63. The Morgan fingerprint density at radius 1 is 1.70 bits per heavy atom. The van der Waals surface area contributed by atoms with Crippen LogP contribution in [0.5, 0.6) is 0 Å². The molecule has 0 aliphatic heterocycles. The Hall–Kier alpha value is -0.380. The number of rotatable bonds is 1. The standard InChI is InChI=1S/C6H8BrFN2/c1-4(2)10-6(8)5(7)3-9-10/h3-4H,1-2H3. The summed E-state index contributed by atoms with van der Waals surface area (Å²) >= 11 is 3.03. The van der Waals surface area contributed by atoms with E-state index in [0.717, 1.165) is 0 Å². The van der Waals surface area contributed by atoms with Crippen molar-refractivity contribution in [3.63, 3.8) is 0 Å². The van der Waals surface area contributed by atoms with Crippen molar-refractivity contribution >= 4 is 15.9 Å². The van der Waals surface area contributed by atoms with Gasteiger partial charge in [-0.3, -0.25) is 0 Å². The third-order valence-corrected chi connectivity index (χ3v) is 1.71. The number of halogens is 2. The molecule has 0 fully saturated rings. The first-order valence-corrected chi connectivity index (χ1v) is 3.80. The topological polar surface area (TPSA) is 17.8 Å². The van der Waals surface area contributed by atoms with Gasteiger partial charge in [0.15, 0.2) is 0 Å². The zero-order chi connectivity index (χ0) is 7.72. The molecule has 0 amide bonds. The van der Waals surface area contributed by atoms with Crippen LogP contribution in [0.15, 0.2) is 10.7 Å². The van der Waals surface area contributed by atoms with E-state index in [0.29, 0.717) is 4.47 Å². The molecule has 0 aliphatic rings. The molecule has 0 radical (unpaired) electrons. The summed E-state index contributed by atoms with van der Waals surface area (Å²) in [6.45, 7) is 3.76. The van der Waals surface area contributed by atoms with Crippen molar-refractivity contribution in [2.45, 2.75) is 19.9 Å². The Morgan fingerprint density at radius 2 is 2.30 bits per heavy atom. The van der Waals surface area contributed by atoms with Crippen LogP contribution in [0, 0.1) is 5.95 Å². The third kappa shape index (κ3) is 1.21. The molecule has 2 nitrogen and oxygen atoms in total. The first kappa shape index (κ1) is 7.72. The Balaban J connectivity index is 3.05. The molecule has 0 saturated carbocycles. The molecular weight excluding hydrogens is 199 g/mol. The Labute approximate surface area is 67.2 Å². The van der Waals surface area contributed by atoms with Gasteiger partial charge in [0.2, 0.25) is 5.95 Å². The fraction of sp³-hybridized carbons (Fsp3) is 0.500. The molecule has 1 rings (SSSR count). The van der Waals surface area contributed by atoms with Crippen LogP contribution in [0.3, 0.4) is 0 Å². The van der Waals surface area contributed by atoms with Crippen molar-refractivity contribution in [1.29, 1.82) is 0 Å². The maximum atomic E-state index is 12.9. The highest BCUT2D eigenvalue weighted by Gasteiger charge is 2.08. The molecule has 0 bridgehead atoms. The Bertz CT molecular complexity index is 232. The fourth-order valence-corrected chi connectivity index (χ4v) is 0.960. The zero-order valence-electron chi connectivity index (χ0n) is 5.81. The monoisotopic (exact) mass is 206 g/mol. The van der Waals surface area contributed by atoms with E-state index in [2.05, 4.69) is 21.0 Å². The second kappa shape index (κ2) is 2.70. The summed E-state index contributed by atoms with van der Waals surface area (Å²) < 4.78 is 14.6. The van der Waals surface area contributed by atoms with Crippen LogP contribution in [-0.2, 0) is 0 Å². The second-order valence-corrected chi connectivity index (χ2v) is 3.18. The molecule has 1 aromatic heterocycles. The maximum absolute atomic E-state index is 12.9. The predicted molar refractivity (Wildman–Crippen MR) is 40.3 cm³/mol. The smallest absolute Gasteiger partial charge is 0.226 e. The van der Waals surface area contributed by atoms with Crippen molar-refractivity contribution in [3.05, 3.63) is 16.6 Å². The molecule has 1 aromatic rings. The lowest BCUT2D eigenvalue weighted by atomic mass is 10.4. The number of hydrogen-bond donors (Lipinski definition) is 0. The average Bonchev–Trinajstić information content (AvgIpc) is 2.14. The van der Waals surface area contributed by atoms with Gasteiger partial charge in [-0.25, -0.2) is 4.68 Å². The van der Waals surface area contributed by atoms with E-state index in [1.807, 2.05) is 13.8 Å². The van der Waals surface area contributed by atoms with Gasteiger partial charge >= 0.3 is 0 Å². The molecule has 0 aliphatic carbocycles. The second-order valence-electron chi connectivity index (χ2n) is 2.32. The number of aromatic nitrogens is 2. The molecule has 0 atom stereocenters. The van der Waals surface area contributed by atoms with Gasteiger partial charge in [0, 0.05) is 6.04 Å². The lowest BCUT2D eigenvalue weighted by molar-refractivity contribution is 0.413. The van der Waals surface area contributed by atoms with Gasteiger partial charge in [0.05, 0.1) is 10.7 Å². The van der Waals surface area contributed by atoms with Gasteiger partial charge in [0.1, 0.15) is 0 Å². The highest BCUT2D eigenvalue weighted by Crippen LogP contribution is 2.16. The summed E-state index contributed by atoms with van der Waals surface area (Å²) in [7, 11) is 0. The quantitative estimate of drug-likeness (QED) is 0.691. The first-order valence-electron chi connectivity index (χ1n) is 3.01. The normalized spacial score (nSPS) is 10.9. The van der Waals surface area contributed by atoms with E-state index in [9.17, 15) is 4.39 Å². The van der Waals surface area contributed by atoms with Crippen LogP contribution in [0.2, 0.25) is 0 Å². The van der Waals surface area contributed by atoms with Crippen LogP contribution in [0.25, 0.3) is 0 Å². The molecule has 10 heavy (non-hydrogen) atoms. The summed E-state index contributed by atoms with van der Waals surface area (Å²) in [5.74, 6) is -0.310. The van der Waals surface area contributed by atoms with E-state index in [1.165, 1.54) is 10.9 Å². The third-order valence-electron chi connectivity index (χ3n) is 1.18. The van der Waals surface area contributed by atoms with Crippen LogP contribution < -0.4 is 0 Å². The van der Waals surface area contributed by atoms with Crippen LogP contribution >= 0.6 is 15.9 Å². The molecular formula is C6H8BrFN2. The molecule has 0 spiro atoms. The van der Waals surface area contributed by atoms with Gasteiger partial charge in [-0.1, -0.05) is 0 Å². The SMILES string of the molecule is CC(C)n1ncc(Br)c1F. The van der Waals surface area contributed by atoms with Gasteiger partial charge in [0.25, 0.3) is 0 Å².